The van der Waals surface area contributed by atoms with Gasteiger partial charge >= 0.3 is 0 Å². The molecule has 0 unspecified atom stereocenters. The Morgan fingerprint density at radius 1 is 1.18 bits per heavy atom. The van der Waals surface area contributed by atoms with Gasteiger partial charge in [0.25, 0.3) is 5.91 Å². The number of hydrogen-bond acceptors (Lipinski definition) is 7. The number of fused-ring (bicyclic) bond motifs is 1. The molecule has 4 rings (SSSR count). The lowest BCUT2D eigenvalue weighted by Crippen LogP contribution is -2.21. The third-order valence-electron chi connectivity index (χ3n) is 7.16. The second-order valence-electron chi connectivity index (χ2n) is 10.4. The van der Waals surface area contributed by atoms with E-state index < -0.39 is 0 Å². The van der Waals surface area contributed by atoms with Gasteiger partial charge in [-0.2, -0.15) is 0 Å². The highest BCUT2D eigenvalue weighted by molar-refractivity contribution is 6.06. The molecule has 10 nitrogen and oxygen atoms in total. The van der Waals surface area contributed by atoms with Gasteiger partial charge in [0.1, 0.15) is 12.1 Å². The van der Waals surface area contributed by atoms with E-state index in [0.29, 0.717) is 34.6 Å². The zero-order valence-corrected chi connectivity index (χ0v) is 25.5. The minimum absolute atomic E-state index is 0.115. The Bertz CT molecular complexity index is 1830. The average molecular weight is 589 g/mol. The van der Waals surface area contributed by atoms with E-state index in [1.54, 1.807) is 49.8 Å². The number of H-pyrrole nitrogens is 1. The van der Waals surface area contributed by atoms with Crippen LogP contribution in [0.3, 0.4) is 0 Å². The number of pyridine rings is 1. The molecule has 1 amide bonds. The smallest absolute Gasteiger partial charge is 0.257 e. The maximum Gasteiger partial charge on any atom is 0.257 e. The third kappa shape index (κ3) is 7.04. The average Bonchev–Trinajstić information content (AvgIpc) is 3.45. The number of amides is 1. The van der Waals surface area contributed by atoms with Crippen molar-refractivity contribution in [3.05, 3.63) is 106 Å². The first-order chi connectivity index (χ1) is 21.2. The topological polar surface area (TPSA) is 139 Å². The molecule has 2 aromatic heterocycles. The van der Waals surface area contributed by atoms with Crippen LogP contribution >= 0.6 is 0 Å². The predicted octanol–water partition coefficient (Wildman–Crippen LogP) is 6.18. The van der Waals surface area contributed by atoms with Crippen LogP contribution in [0.4, 0.5) is 11.4 Å². The molecule has 44 heavy (non-hydrogen) atoms. The Morgan fingerprint density at radius 3 is 2.66 bits per heavy atom. The number of hydrogen-bond donors (Lipinski definition) is 4. The van der Waals surface area contributed by atoms with Crippen molar-refractivity contribution < 1.29 is 9.59 Å². The van der Waals surface area contributed by atoms with Gasteiger partial charge in [-0.25, -0.2) is 4.99 Å². The number of rotatable bonds is 11. The maximum absolute atomic E-state index is 13.0. The lowest BCUT2D eigenvalue weighted by atomic mass is 10.0. The molecule has 0 bridgehead atoms. The number of aromatic amines is 1. The lowest BCUT2D eigenvalue weighted by molar-refractivity contribution is 0.102. The summed E-state index contributed by atoms with van der Waals surface area (Å²) < 4.78 is 0. The van der Waals surface area contributed by atoms with Crippen LogP contribution in [-0.2, 0) is 6.54 Å². The molecule has 0 saturated carbocycles. The summed E-state index contributed by atoms with van der Waals surface area (Å²) in [6.45, 7) is 9.75. The summed E-state index contributed by atoms with van der Waals surface area (Å²) in [4.78, 5) is 43.1. The summed E-state index contributed by atoms with van der Waals surface area (Å²) in [6, 6.07) is 13.0. The van der Waals surface area contributed by atoms with Crippen LogP contribution in [0.5, 0.6) is 0 Å². The molecule has 4 N–H and O–H groups in total. The number of benzene rings is 2. The van der Waals surface area contributed by atoms with E-state index >= 15 is 0 Å². The third-order valence-corrected chi connectivity index (χ3v) is 7.16. The van der Waals surface area contributed by atoms with Gasteiger partial charge in [0.15, 0.2) is 0 Å². The molecule has 0 saturated heterocycles. The Labute approximate surface area is 256 Å². The molecular weight excluding hydrogens is 552 g/mol. The Balaban J connectivity index is 1.66. The number of anilines is 2. The fourth-order valence-corrected chi connectivity index (χ4v) is 4.82. The monoisotopic (exact) mass is 588 g/mol. The van der Waals surface area contributed by atoms with E-state index in [0.717, 1.165) is 45.3 Å². The number of amidine groups is 1. The molecule has 0 atom stereocenters. The van der Waals surface area contributed by atoms with Gasteiger partial charge in [-0.15, -0.1) is 0 Å². The van der Waals surface area contributed by atoms with E-state index in [4.69, 9.17) is 5.41 Å². The Hall–Kier alpha value is -5.64. The molecule has 0 radical (unpaired) electrons. The van der Waals surface area contributed by atoms with Gasteiger partial charge in [0, 0.05) is 85.0 Å². The standard InChI is InChI=1S/C34H36N8O2/c1-21-13-25(17-38-15-21)34(44)41-29-11-7-9-24(20-43)28(29)19-42(6)30-12-8-10-26-27(18-40-33(26)30)32(37-5)22(2)16-39-31(35)14-23(3)36-4/h7-18,20,35-36,40H,5,19H2,1-4,6H3,(H,41,44)/b23-14-,32-22-,35-31?,39-16?. The molecular formula is C34H36N8O2. The Morgan fingerprint density at radius 2 is 1.95 bits per heavy atom. The SMILES string of the molecule is C=N/C(=C(/C)C=NC(=N)/C=C(/C)NC)c1c[nH]c2c(N(C)Cc3c(C=O)cccc3NC(=O)c3cncc(C)c3)cccc12. The highest BCUT2D eigenvalue weighted by Crippen LogP contribution is 2.34. The molecule has 2 heterocycles. The highest BCUT2D eigenvalue weighted by atomic mass is 16.1. The highest BCUT2D eigenvalue weighted by Gasteiger charge is 2.18. The number of aryl methyl sites for hydroxylation is 1. The van der Waals surface area contributed by atoms with Crippen molar-refractivity contribution in [2.24, 2.45) is 9.98 Å². The fourth-order valence-electron chi connectivity index (χ4n) is 4.82. The number of aldehydes is 1. The number of allylic oxidation sites excluding steroid dienone is 2. The molecule has 0 aliphatic rings. The van der Waals surface area contributed by atoms with Crippen molar-refractivity contribution in [1.29, 1.82) is 5.41 Å². The van der Waals surface area contributed by atoms with Crippen molar-refractivity contribution in [2.45, 2.75) is 27.3 Å². The lowest BCUT2D eigenvalue weighted by Gasteiger charge is -2.23. The first-order valence-corrected chi connectivity index (χ1v) is 13.9. The molecule has 0 spiro atoms. The minimum Gasteiger partial charge on any atom is -0.392 e. The van der Waals surface area contributed by atoms with E-state index in [9.17, 15) is 9.59 Å². The summed E-state index contributed by atoms with van der Waals surface area (Å²) in [5.74, 6) is -0.188. The van der Waals surface area contributed by atoms with Crippen molar-refractivity contribution >= 4 is 58.9 Å². The van der Waals surface area contributed by atoms with Gasteiger partial charge in [-0.05, 0) is 56.8 Å². The largest absolute Gasteiger partial charge is 0.392 e. The van der Waals surface area contributed by atoms with Gasteiger partial charge in [-0.1, -0.05) is 24.3 Å². The normalized spacial score (nSPS) is 12.2. The Kier molecular flexibility index (Phi) is 9.97. The van der Waals surface area contributed by atoms with Crippen molar-refractivity contribution in [2.75, 3.05) is 24.3 Å². The fraction of sp³-hybridized carbons (Fsp3) is 0.176. The van der Waals surface area contributed by atoms with Crippen LogP contribution in [-0.4, -0.2) is 55.0 Å². The number of nitrogens with one attached hydrogen (secondary N) is 4. The molecule has 10 heteroatoms. The predicted molar refractivity (Wildman–Crippen MR) is 180 cm³/mol. The van der Waals surface area contributed by atoms with Crippen LogP contribution in [0.2, 0.25) is 0 Å². The van der Waals surface area contributed by atoms with Crippen molar-refractivity contribution in [3.63, 3.8) is 0 Å². The van der Waals surface area contributed by atoms with Gasteiger partial charge in [0.2, 0.25) is 0 Å². The molecule has 2 aromatic carbocycles. The van der Waals surface area contributed by atoms with Crippen LogP contribution < -0.4 is 15.5 Å². The van der Waals surface area contributed by atoms with Crippen LogP contribution in [0.25, 0.3) is 16.6 Å². The van der Waals surface area contributed by atoms with Gasteiger partial charge in [0.05, 0.1) is 22.5 Å². The maximum atomic E-state index is 13.0. The molecule has 0 aliphatic heterocycles. The first-order valence-electron chi connectivity index (χ1n) is 13.9. The molecule has 4 aromatic rings. The summed E-state index contributed by atoms with van der Waals surface area (Å²) in [5, 5.41) is 14.9. The van der Waals surface area contributed by atoms with Crippen molar-refractivity contribution in [1.82, 2.24) is 15.3 Å². The summed E-state index contributed by atoms with van der Waals surface area (Å²) in [7, 11) is 3.72. The number of carbonyl (C=O) groups is 2. The van der Waals surface area contributed by atoms with Gasteiger partial charge < -0.3 is 20.5 Å². The van der Waals surface area contributed by atoms with Crippen LogP contribution in [0.1, 0.15) is 51.3 Å². The quantitative estimate of drug-likeness (QED) is 0.0942. The van der Waals surface area contributed by atoms with Crippen molar-refractivity contribution in [3.8, 4) is 0 Å². The van der Waals surface area contributed by atoms with E-state index in [1.807, 2.05) is 57.1 Å². The molecule has 224 valence electrons. The molecule has 0 aliphatic carbocycles. The first kappa shape index (κ1) is 31.3. The van der Waals surface area contributed by atoms with Crippen LogP contribution in [0.15, 0.2) is 88.4 Å². The van der Waals surface area contributed by atoms with E-state index in [1.165, 1.54) is 6.20 Å². The molecule has 0 fully saturated rings. The van der Waals surface area contributed by atoms with Crippen LogP contribution in [0, 0.1) is 12.3 Å². The minimum atomic E-state index is -0.303. The summed E-state index contributed by atoms with van der Waals surface area (Å²) >= 11 is 0. The zero-order chi connectivity index (χ0) is 31.8. The number of nitrogens with zero attached hydrogens (tertiary/aromatic N) is 4. The number of aromatic nitrogens is 2. The summed E-state index contributed by atoms with van der Waals surface area (Å²) in [6.07, 6.45) is 9.12. The van der Waals surface area contributed by atoms with E-state index in [2.05, 4.69) is 37.3 Å². The summed E-state index contributed by atoms with van der Waals surface area (Å²) in [5.41, 5.74) is 7.86. The van der Waals surface area contributed by atoms with E-state index in [-0.39, 0.29) is 11.7 Å². The number of carbonyl (C=O) groups excluding carboxylic acids is 2. The number of aliphatic imine (C=N–C) groups is 2. The number of para-hydroxylation sites is 1. The zero-order valence-electron chi connectivity index (χ0n) is 25.5. The van der Waals surface area contributed by atoms with Gasteiger partial charge in [-0.3, -0.25) is 25.0 Å². The second kappa shape index (κ2) is 14.0. The second-order valence-corrected chi connectivity index (χ2v) is 10.4.